The van der Waals surface area contributed by atoms with Crippen molar-refractivity contribution in [1.29, 1.82) is 0 Å². The van der Waals surface area contributed by atoms with E-state index in [4.69, 9.17) is 9.47 Å². The van der Waals surface area contributed by atoms with E-state index in [0.717, 1.165) is 6.42 Å². The number of fused-ring (bicyclic) bond motifs is 1. The fourth-order valence-corrected chi connectivity index (χ4v) is 1.56. The summed E-state index contributed by atoms with van der Waals surface area (Å²) in [6.07, 6.45) is 0.932. The first kappa shape index (κ1) is 13.3. The molecule has 0 spiro atoms. The minimum atomic E-state index is 0.240. The van der Waals surface area contributed by atoms with Crippen LogP contribution in [0.3, 0.4) is 0 Å². The molecule has 0 atom stereocenters. The zero-order chi connectivity index (χ0) is 13.7. The van der Waals surface area contributed by atoms with E-state index in [2.05, 4.69) is 15.4 Å². The molecule has 0 fully saturated rings. The molecule has 0 unspecified atom stereocenters. The Morgan fingerprint density at radius 3 is 3.00 bits per heavy atom. The standard InChI is InChI=1S/C12H16N4O3/c1-3-6-19-8-13-12-14-10-5-4-9(18-2)7-11(10)16(17)15-12/h4-5,7H,3,6,8H2,1-2H3,(H,13,14,15). The first-order valence-electron chi connectivity index (χ1n) is 6.02. The Morgan fingerprint density at radius 1 is 1.42 bits per heavy atom. The van der Waals surface area contributed by atoms with Crippen LogP contribution in [0.15, 0.2) is 18.2 Å². The third-order valence-electron chi connectivity index (χ3n) is 2.48. The van der Waals surface area contributed by atoms with Crippen molar-refractivity contribution in [2.24, 2.45) is 0 Å². The maximum atomic E-state index is 11.8. The van der Waals surface area contributed by atoms with E-state index in [1.165, 1.54) is 7.11 Å². The molecule has 102 valence electrons. The molecule has 0 aliphatic heterocycles. The SMILES string of the molecule is CCCOCNc1nc2ccc(OC)cc2[n+]([O-])n1. The summed E-state index contributed by atoms with van der Waals surface area (Å²) in [4.78, 5) is 4.75. The lowest BCUT2D eigenvalue weighted by atomic mass is 10.3. The predicted molar refractivity (Wildman–Crippen MR) is 69.8 cm³/mol. The number of methoxy groups -OCH3 is 1. The van der Waals surface area contributed by atoms with Gasteiger partial charge in [-0.15, -0.1) is 0 Å². The molecule has 0 radical (unpaired) electrons. The van der Waals surface area contributed by atoms with Gasteiger partial charge < -0.3 is 20.0 Å². The Labute approximate surface area is 110 Å². The Morgan fingerprint density at radius 2 is 2.26 bits per heavy atom. The second-order valence-corrected chi connectivity index (χ2v) is 3.89. The minimum absolute atomic E-state index is 0.240. The predicted octanol–water partition coefficient (Wildman–Crippen LogP) is 1.07. The Balaban J connectivity index is 2.19. The number of hydrogen-bond donors (Lipinski definition) is 1. The van der Waals surface area contributed by atoms with Crippen molar-refractivity contribution in [3.63, 3.8) is 0 Å². The molecule has 0 saturated carbocycles. The van der Waals surface area contributed by atoms with Gasteiger partial charge in [-0.25, -0.2) is 4.98 Å². The minimum Gasteiger partial charge on any atom is -0.594 e. The van der Waals surface area contributed by atoms with Crippen molar-refractivity contribution in [3.05, 3.63) is 23.4 Å². The molecule has 1 N–H and O–H groups in total. The van der Waals surface area contributed by atoms with Crippen LogP contribution in [0.2, 0.25) is 0 Å². The highest BCUT2D eigenvalue weighted by Crippen LogP contribution is 2.16. The van der Waals surface area contributed by atoms with Crippen molar-refractivity contribution in [2.45, 2.75) is 13.3 Å². The van der Waals surface area contributed by atoms with Gasteiger partial charge in [0.25, 0.3) is 11.5 Å². The van der Waals surface area contributed by atoms with Gasteiger partial charge in [0.2, 0.25) is 0 Å². The quantitative estimate of drug-likeness (QED) is 0.363. The van der Waals surface area contributed by atoms with Gasteiger partial charge in [-0.2, -0.15) is 0 Å². The second kappa shape index (κ2) is 6.14. The van der Waals surface area contributed by atoms with Crippen LogP contribution in [0.1, 0.15) is 13.3 Å². The molecule has 0 bridgehead atoms. The average Bonchev–Trinajstić information content (AvgIpc) is 2.43. The first-order chi connectivity index (χ1) is 9.24. The van der Waals surface area contributed by atoms with E-state index in [0.29, 0.717) is 28.2 Å². The number of rotatable bonds is 6. The average molecular weight is 264 g/mol. The summed E-state index contributed by atoms with van der Waals surface area (Å²) in [5.41, 5.74) is 0.906. The highest BCUT2D eigenvalue weighted by Gasteiger charge is 2.11. The number of hydrogen-bond acceptors (Lipinski definition) is 6. The molecule has 1 aromatic heterocycles. The van der Waals surface area contributed by atoms with Crippen molar-refractivity contribution in [1.82, 2.24) is 10.1 Å². The van der Waals surface area contributed by atoms with Crippen LogP contribution in [0, 0.1) is 5.21 Å². The molecular weight excluding hydrogens is 248 g/mol. The van der Waals surface area contributed by atoms with E-state index in [1.54, 1.807) is 18.2 Å². The van der Waals surface area contributed by atoms with Crippen LogP contribution in [0.5, 0.6) is 5.75 Å². The van der Waals surface area contributed by atoms with Crippen LogP contribution in [0.25, 0.3) is 11.0 Å². The summed E-state index contributed by atoms with van der Waals surface area (Å²) in [6.45, 7) is 2.94. The summed E-state index contributed by atoms with van der Waals surface area (Å²) in [5, 5.41) is 18.4. The molecular formula is C12H16N4O3. The van der Waals surface area contributed by atoms with Gasteiger partial charge in [0.1, 0.15) is 18.0 Å². The molecule has 0 aliphatic carbocycles. The maximum absolute atomic E-state index is 11.8. The lowest BCUT2D eigenvalue weighted by molar-refractivity contribution is -0.641. The van der Waals surface area contributed by atoms with E-state index in [-0.39, 0.29) is 12.7 Å². The van der Waals surface area contributed by atoms with E-state index >= 15 is 0 Å². The van der Waals surface area contributed by atoms with Gasteiger partial charge in [-0.1, -0.05) is 6.92 Å². The van der Waals surface area contributed by atoms with Crippen molar-refractivity contribution in [3.8, 4) is 5.75 Å². The van der Waals surface area contributed by atoms with Crippen molar-refractivity contribution < 1.29 is 14.3 Å². The Hall–Kier alpha value is -2.15. The molecule has 1 heterocycles. The molecule has 19 heavy (non-hydrogen) atoms. The smallest absolute Gasteiger partial charge is 0.292 e. The molecule has 7 nitrogen and oxygen atoms in total. The summed E-state index contributed by atoms with van der Waals surface area (Å²) in [7, 11) is 1.54. The van der Waals surface area contributed by atoms with Crippen LogP contribution in [0.4, 0.5) is 5.95 Å². The van der Waals surface area contributed by atoms with Crippen LogP contribution in [-0.4, -0.2) is 30.5 Å². The molecule has 2 rings (SSSR count). The van der Waals surface area contributed by atoms with Gasteiger partial charge in [0.15, 0.2) is 0 Å². The van der Waals surface area contributed by atoms with E-state index < -0.39 is 0 Å². The number of ether oxygens (including phenoxy) is 2. The zero-order valence-electron chi connectivity index (χ0n) is 10.9. The number of aromatic nitrogens is 3. The Kier molecular flexibility index (Phi) is 4.30. The summed E-state index contributed by atoms with van der Waals surface area (Å²) < 4.78 is 10.3. The van der Waals surface area contributed by atoms with E-state index in [1.807, 2.05) is 6.92 Å². The monoisotopic (exact) mass is 264 g/mol. The summed E-state index contributed by atoms with van der Waals surface area (Å²) in [5.74, 6) is 0.830. The fraction of sp³-hybridized carbons (Fsp3) is 0.417. The van der Waals surface area contributed by atoms with Crippen molar-refractivity contribution in [2.75, 3.05) is 25.8 Å². The topological polar surface area (TPSA) is 83.2 Å². The third kappa shape index (κ3) is 3.19. The van der Waals surface area contributed by atoms with Crippen molar-refractivity contribution >= 4 is 17.0 Å². The molecule has 1 aromatic carbocycles. The molecule has 0 saturated heterocycles. The van der Waals surface area contributed by atoms with Gasteiger partial charge in [0.05, 0.1) is 18.3 Å². The summed E-state index contributed by atoms with van der Waals surface area (Å²) >= 11 is 0. The highest BCUT2D eigenvalue weighted by molar-refractivity contribution is 5.73. The zero-order valence-corrected chi connectivity index (χ0v) is 10.9. The Bertz CT molecular complexity index is 562. The highest BCUT2D eigenvalue weighted by atomic mass is 16.5. The third-order valence-corrected chi connectivity index (χ3v) is 2.48. The van der Waals surface area contributed by atoms with Crippen LogP contribution < -0.4 is 14.9 Å². The van der Waals surface area contributed by atoms with Gasteiger partial charge in [0, 0.05) is 6.61 Å². The van der Waals surface area contributed by atoms with Crippen LogP contribution in [-0.2, 0) is 4.74 Å². The molecule has 7 heteroatoms. The van der Waals surface area contributed by atoms with Gasteiger partial charge in [-0.3, -0.25) is 0 Å². The number of nitrogens with zero attached hydrogens (tertiary/aromatic N) is 3. The van der Waals surface area contributed by atoms with Crippen LogP contribution >= 0.6 is 0 Å². The van der Waals surface area contributed by atoms with E-state index in [9.17, 15) is 5.21 Å². The fourth-order valence-electron chi connectivity index (χ4n) is 1.56. The number of anilines is 1. The lowest BCUT2D eigenvalue weighted by Crippen LogP contribution is -2.33. The molecule has 0 amide bonds. The normalized spacial score (nSPS) is 10.6. The lowest BCUT2D eigenvalue weighted by Gasteiger charge is -2.06. The summed E-state index contributed by atoms with van der Waals surface area (Å²) in [6, 6.07) is 5.05. The van der Waals surface area contributed by atoms with Gasteiger partial charge >= 0.3 is 0 Å². The second-order valence-electron chi connectivity index (χ2n) is 3.89. The molecule has 0 aliphatic rings. The maximum Gasteiger partial charge on any atom is 0.292 e. The number of nitrogens with one attached hydrogen (secondary N) is 1. The largest absolute Gasteiger partial charge is 0.594 e. The van der Waals surface area contributed by atoms with Gasteiger partial charge in [-0.05, 0) is 23.4 Å². The molecule has 2 aromatic rings. The first-order valence-corrected chi connectivity index (χ1v) is 6.02. The number of benzene rings is 1.